The number of rotatable bonds is 8. The Hall–Kier alpha value is -2.62. The summed E-state index contributed by atoms with van der Waals surface area (Å²) in [6.45, 7) is 5.62. The summed E-state index contributed by atoms with van der Waals surface area (Å²) >= 11 is 0. The molecule has 1 fully saturated rings. The van der Waals surface area contributed by atoms with Crippen LogP contribution in [-0.2, 0) is 11.3 Å². The molecule has 0 radical (unpaired) electrons. The molecule has 28 heavy (non-hydrogen) atoms. The zero-order valence-corrected chi connectivity index (χ0v) is 16.0. The Bertz CT molecular complexity index is 816. The predicted molar refractivity (Wildman–Crippen MR) is 102 cm³/mol. The number of ether oxygens (including phenoxy) is 2. The Morgan fingerprint density at radius 2 is 2.11 bits per heavy atom. The van der Waals surface area contributed by atoms with Crippen molar-refractivity contribution < 1.29 is 23.9 Å². The lowest BCUT2D eigenvalue weighted by atomic mass is 10.1. The predicted octanol–water partition coefficient (Wildman–Crippen LogP) is 2.37. The van der Waals surface area contributed by atoms with E-state index in [1.54, 1.807) is 0 Å². The zero-order chi connectivity index (χ0) is 20.1. The van der Waals surface area contributed by atoms with Crippen LogP contribution in [0.2, 0.25) is 0 Å². The third kappa shape index (κ3) is 4.61. The van der Waals surface area contributed by atoms with Crippen molar-refractivity contribution >= 4 is 5.69 Å². The summed E-state index contributed by atoms with van der Waals surface area (Å²) in [6, 6.07) is 6.49. The molecule has 0 amide bonds. The lowest BCUT2D eigenvalue weighted by molar-refractivity contribution is -0.385. The number of aromatic hydroxyl groups is 1. The topological polar surface area (TPSA) is 110 Å². The molecule has 3 rings (SSSR count). The molecule has 2 N–H and O–H groups in total. The largest absolute Gasteiger partial charge is 0.504 e. The van der Waals surface area contributed by atoms with Gasteiger partial charge in [-0.15, -0.1) is 0 Å². The first-order valence-corrected chi connectivity index (χ1v) is 9.12. The fourth-order valence-electron chi connectivity index (χ4n) is 3.35. The van der Waals surface area contributed by atoms with Crippen molar-refractivity contribution in [1.82, 2.24) is 10.2 Å². The van der Waals surface area contributed by atoms with Crippen LogP contribution in [0.15, 0.2) is 28.7 Å². The van der Waals surface area contributed by atoms with Crippen LogP contribution >= 0.6 is 0 Å². The van der Waals surface area contributed by atoms with E-state index in [9.17, 15) is 15.2 Å². The number of methoxy groups -OCH3 is 1. The number of nitrogens with one attached hydrogen (secondary N) is 1. The number of benzene rings is 1. The smallest absolute Gasteiger partial charge is 0.277 e. The molecule has 1 aliphatic rings. The number of nitro benzene ring substituents is 1. The molecule has 0 saturated carbocycles. The van der Waals surface area contributed by atoms with Gasteiger partial charge in [0, 0.05) is 31.7 Å². The fourth-order valence-corrected chi connectivity index (χ4v) is 3.35. The molecule has 152 valence electrons. The van der Waals surface area contributed by atoms with Crippen molar-refractivity contribution in [1.29, 1.82) is 0 Å². The molecule has 9 nitrogen and oxygen atoms in total. The number of morpholine rings is 1. The SMILES string of the molecule is COc1cc(CNCC(c2ccc(C)o2)N2CCOCC2)c([N+](=O)[O-])cc1O. The maximum Gasteiger partial charge on any atom is 0.277 e. The van der Waals surface area contributed by atoms with Gasteiger partial charge in [0.05, 0.1) is 37.4 Å². The third-order valence-electron chi connectivity index (χ3n) is 4.81. The van der Waals surface area contributed by atoms with Crippen molar-refractivity contribution in [3.63, 3.8) is 0 Å². The quantitative estimate of drug-likeness (QED) is 0.521. The van der Waals surface area contributed by atoms with Gasteiger partial charge in [0.2, 0.25) is 0 Å². The van der Waals surface area contributed by atoms with Gasteiger partial charge in [-0.3, -0.25) is 15.0 Å². The number of phenols is 1. The summed E-state index contributed by atoms with van der Waals surface area (Å²) in [7, 11) is 1.41. The Morgan fingerprint density at radius 1 is 1.36 bits per heavy atom. The average Bonchev–Trinajstić information content (AvgIpc) is 3.12. The lowest BCUT2D eigenvalue weighted by Gasteiger charge is -2.33. The molecule has 0 spiro atoms. The third-order valence-corrected chi connectivity index (χ3v) is 4.81. The Balaban J connectivity index is 1.74. The molecule has 1 atom stereocenters. The first-order valence-electron chi connectivity index (χ1n) is 9.12. The zero-order valence-electron chi connectivity index (χ0n) is 16.0. The van der Waals surface area contributed by atoms with Gasteiger partial charge in [0.1, 0.15) is 11.5 Å². The van der Waals surface area contributed by atoms with Crippen molar-refractivity contribution in [3.05, 3.63) is 51.5 Å². The van der Waals surface area contributed by atoms with Crippen molar-refractivity contribution in [2.24, 2.45) is 0 Å². The minimum absolute atomic E-state index is 0.00401. The molecule has 2 heterocycles. The summed E-state index contributed by atoms with van der Waals surface area (Å²) in [5.74, 6) is 1.64. The van der Waals surface area contributed by atoms with Crippen molar-refractivity contribution in [3.8, 4) is 11.5 Å². The lowest BCUT2D eigenvalue weighted by Crippen LogP contribution is -2.42. The van der Waals surface area contributed by atoms with E-state index in [0.717, 1.165) is 30.7 Å². The highest BCUT2D eigenvalue weighted by Crippen LogP contribution is 2.33. The van der Waals surface area contributed by atoms with Crippen molar-refractivity contribution in [2.75, 3.05) is 40.0 Å². The van der Waals surface area contributed by atoms with Crippen molar-refractivity contribution in [2.45, 2.75) is 19.5 Å². The van der Waals surface area contributed by atoms with Crippen LogP contribution in [0.25, 0.3) is 0 Å². The second-order valence-electron chi connectivity index (χ2n) is 6.65. The van der Waals surface area contributed by atoms with E-state index in [1.807, 2.05) is 19.1 Å². The molecule has 1 aliphatic heterocycles. The molecule has 0 bridgehead atoms. The number of nitro groups is 1. The van der Waals surface area contributed by atoms with E-state index in [-0.39, 0.29) is 29.8 Å². The molecule has 1 saturated heterocycles. The summed E-state index contributed by atoms with van der Waals surface area (Å²) in [4.78, 5) is 13.1. The molecule has 2 aromatic rings. The Kier molecular flexibility index (Phi) is 6.50. The van der Waals surface area contributed by atoms with Gasteiger partial charge in [-0.05, 0) is 25.1 Å². The Labute approximate surface area is 163 Å². The van der Waals surface area contributed by atoms with E-state index in [2.05, 4.69) is 10.2 Å². The van der Waals surface area contributed by atoms with Crippen LogP contribution in [0.1, 0.15) is 23.1 Å². The second-order valence-corrected chi connectivity index (χ2v) is 6.65. The van der Waals surface area contributed by atoms with Crippen LogP contribution in [0.3, 0.4) is 0 Å². The minimum atomic E-state index is -0.508. The van der Waals surface area contributed by atoms with E-state index < -0.39 is 4.92 Å². The Morgan fingerprint density at radius 3 is 2.71 bits per heavy atom. The molecule has 1 aromatic heterocycles. The van der Waals surface area contributed by atoms with E-state index >= 15 is 0 Å². The maximum atomic E-state index is 11.3. The van der Waals surface area contributed by atoms with Gasteiger partial charge in [-0.2, -0.15) is 0 Å². The first-order chi connectivity index (χ1) is 13.5. The van der Waals surface area contributed by atoms with Crippen LogP contribution in [0.5, 0.6) is 11.5 Å². The molecular formula is C19H25N3O6. The van der Waals surface area contributed by atoms with Gasteiger partial charge in [-0.1, -0.05) is 0 Å². The molecule has 1 unspecified atom stereocenters. The normalized spacial score (nSPS) is 16.1. The molecular weight excluding hydrogens is 366 g/mol. The fraction of sp³-hybridized carbons (Fsp3) is 0.474. The highest BCUT2D eigenvalue weighted by Gasteiger charge is 2.25. The van der Waals surface area contributed by atoms with Gasteiger partial charge in [0.25, 0.3) is 5.69 Å². The van der Waals surface area contributed by atoms with E-state index in [1.165, 1.54) is 13.2 Å². The average molecular weight is 391 g/mol. The maximum absolute atomic E-state index is 11.3. The van der Waals surface area contributed by atoms with Gasteiger partial charge in [0.15, 0.2) is 11.5 Å². The molecule has 0 aliphatic carbocycles. The number of phenolic OH excluding ortho intramolecular Hbond substituents is 1. The second kappa shape index (κ2) is 9.05. The standard InChI is InChI=1S/C19H25N3O6/c1-13-3-4-18(28-13)16(21-5-7-27-8-6-21)12-20-11-14-9-19(26-2)17(23)10-15(14)22(24)25/h3-4,9-10,16,20,23H,5-8,11-12H2,1-2H3. The van der Waals surface area contributed by atoms with Gasteiger partial charge < -0.3 is 24.3 Å². The summed E-state index contributed by atoms with van der Waals surface area (Å²) in [5, 5.41) is 24.4. The number of furan rings is 1. The highest BCUT2D eigenvalue weighted by atomic mass is 16.6. The monoisotopic (exact) mass is 391 g/mol. The molecule has 9 heteroatoms. The van der Waals surface area contributed by atoms with Gasteiger partial charge in [-0.25, -0.2) is 0 Å². The number of aryl methyl sites for hydroxylation is 1. The van der Waals surface area contributed by atoms with Crippen LogP contribution in [0.4, 0.5) is 5.69 Å². The number of hydrogen-bond acceptors (Lipinski definition) is 8. The van der Waals surface area contributed by atoms with Crippen LogP contribution in [-0.4, -0.2) is 54.9 Å². The number of hydrogen-bond donors (Lipinski definition) is 2. The summed E-state index contributed by atoms with van der Waals surface area (Å²) < 4.78 is 16.3. The van der Waals surface area contributed by atoms with Crippen LogP contribution < -0.4 is 10.1 Å². The summed E-state index contributed by atoms with van der Waals surface area (Å²) in [6.07, 6.45) is 0. The summed E-state index contributed by atoms with van der Waals surface area (Å²) in [5.41, 5.74) is 0.290. The molecule has 1 aromatic carbocycles. The van der Waals surface area contributed by atoms with E-state index in [0.29, 0.717) is 25.3 Å². The van der Waals surface area contributed by atoms with E-state index in [4.69, 9.17) is 13.9 Å². The van der Waals surface area contributed by atoms with Gasteiger partial charge >= 0.3 is 0 Å². The highest BCUT2D eigenvalue weighted by molar-refractivity contribution is 5.53. The number of nitrogens with zero attached hydrogens (tertiary/aromatic N) is 2. The van der Waals surface area contributed by atoms with Crippen LogP contribution in [0, 0.1) is 17.0 Å². The minimum Gasteiger partial charge on any atom is -0.504 e. The first kappa shape index (κ1) is 20.1.